The van der Waals surface area contributed by atoms with E-state index in [4.69, 9.17) is 0 Å². The maximum atomic E-state index is 12.8. The zero-order chi connectivity index (χ0) is 14.2. The number of guanidine groups is 1. The molecule has 2 aromatic rings. The summed E-state index contributed by atoms with van der Waals surface area (Å²) in [5.41, 5.74) is 2.20. The van der Waals surface area contributed by atoms with Gasteiger partial charge >= 0.3 is 0 Å². The first kappa shape index (κ1) is 14.1. The van der Waals surface area contributed by atoms with Crippen LogP contribution < -0.4 is 10.6 Å². The molecule has 0 unspecified atom stereocenters. The van der Waals surface area contributed by atoms with E-state index in [-0.39, 0.29) is 5.82 Å². The molecular formula is C16H18FN3. The molecule has 0 heterocycles. The molecule has 2 N–H and O–H groups in total. The highest BCUT2D eigenvalue weighted by Gasteiger charge is 1.99. The molecule has 3 nitrogen and oxygen atoms in total. The number of aliphatic imine (C=N–C) groups is 1. The average molecular weight is 271 g/mol. The van der Waals surface area contributed by atoms with E-state index in [1.165, 1.54) is 17.7 Å². The van der Waals surface area contributed by atoms with Crippen molar-refractivity contribution in [2.24, 2.45) is 4.99 Å². The van der Waals surface area contributed by atoms with Crippen LogP contribution in [0.2, 0.25) is 0 Å². The van der Waals surface area contributed by atoms with Gasteiger partial charge in [-0.1, -0.05) is 42.5 Å². The van der Waals surface area contributed by atoms with Crippen molar-refractivity contribution in [2.45, 2.75) is 13.1 Å². The predicted molar refractivity (Wildman–Crippen MR) is 79.9 cm³/mol. The van der Waals surface area contributed by atoms with Crippen LogP contribution in [0.4, 0.5) is 4.39 Å². The maximum absolute atomic E-state index is 12.8. The van der Waals surface area contributed by atoms with Crippen molar-refractivity contribution >= 4 is 5.96 Å². The molecule has 0 bridgehead atoms. The molecule has 0 atom stereocenters. The summed E-state index contributed by atoms with van der Waals surface area (Å²) in [5.74, 6) is 0.499. The van der Waals surface area contributed by atoms with Gasteiger partial charge in [0, 0.05) is 20.1 Å². The summed E-state index contributed by atoms with van der Waals surface area (Å²) >= 11 is 0. The summed E-state index contributed by atoms with van der Waals surface area (Å²) in [5, 5.41) is 6.42. The molecule has 0 radical (unpaired) electrons. The summed E-state index contributed by atoms with van der Waals surface area (Å²) in [6.45, 7) is 1.32. The Bertz CT molecular complexity index is 550. The Kier molecular flexibility index (Phi) is 5.12. The van der Waals surface area contributed by atoms with Gasteiger partial charge in [-0.3, -0.25) is 4.99 Å². The van der Waals surface area contributed by atoms with Gasteiger partial charge in [0.05, 0.1) is 0 Å². The van der Waals surface area contributed by atoms with Crippen molar-refractivity contribution in [3.8, 4) is 0 Å². The Morgan fingerprint density at radius 3 is 2.00 bits per heavy atom. The standard InChI is InChI=1S/C16H18FN3/c1-18-16(19-11-13-5-3-2-4-6-13)20-12-14-7-9-15(17)10-8-14/h2-10H,11-12H2,1H3,(H2,18,19,20). The van der Waals surface area contributed by atoms with Gasteiger partial charge in [-0.15, -0.1) is 0 Å². The number of nitrogens with one attached hydrogen (secondary N) is 2. The predicted octanol–water partition coefficient (Wildman–Crippen LogP) is 2.69. The van der Waals surface area contributed by atoms with E-state index in [2.05, 4.69) is 27.8 Å². The summed E-state index contributed by atoms with van der Waals surface area (Å²) in [6.07, 6.45) is 0. The van der Waals surface area contributed by atoms with Crippen molar-refractivity contribution < 1.29 is 4.39 Å². The second-order valence-corrected chi connectivity index (χ2v) is 4.39. The van der Waals surface area contributed by atoms with E-state index in [1.54, 1.807) is 19.2 Å². The van der Waals surface area contributed by atoms with E-state index < -0.39 is 0 Å². The van der Waals surface area contributed by atoms with Gasteiger partial charge in [0.15, 0.2) is 5.96 Å². The summed E-state index contributed by atoms with van der Waals surface area (Å²) in [4.78, 5) is 4.16. The second kappa shape index (κ2) is 7.28. The van der Waals surface area contributed by atoms with E-state index >= 15 is 0 Å². The fourth-order valence-electron chi connectivity index (χ4n) is 1.79. The van der Waals surface area contributed by atoms with Crippen LogP contribution in [0.3, 0.4) is 0 Å². The molecule has 104 valence electrons. The van der Waals surface area contributed by atoms with Gasteiger partial charge in [-0.25, -0.2) is 4.39 Å². The molecule has 2 aromatic carbocycles. The largest absolute Gasteiger partial charge is 0.352 e. The minimum atomic E-state index is -0.222. The van der Waals surface area contributed by atoms with Crippen LogP contribution in [-0.2, 0) is 13.1 Å². The number of hydrogen-bond donors (Lipinski definition) is 2. The summed E-state index contributed by atoms with van der Waals surface area (Å²) in [7, 11) is 1.73. The third-order valence-corrected chi connectivity index (χ3v) is 2.90. The quantitative estimate of drug-likeness (QED) is 0.662. The van der Waals surface area contributed by atoms with Crippen LogP contribution in [0.25, 0.3) is 0 Å². The van der Waals surface area contributed by atoms with E-state index in [9.17, 15) is 4.39 Å². The monoisotopic (exact) mass is 271 g/mol. The van der Waals surface area contributed by atoms with Crippen molar-refractivity contribution in [2.75, 3.05) is 7.05 Å². The molecule has 0 aliphatic carbocycles. The van der Waals surface area contributed by atoms with Gasteiger partial charge in [0.2, 0.25) is 0 Å². The fourth-order valence-corrected chi connectivity index (χ4v) is 1.79. The molecule has 0 aliphatic rings. The molecular weight excluding hydrogens is 253 g/mol. The lowest BCUT2D eigenvalue weighted by molar-refractivity contribution is 0.626. The van der Waals surface area contributed by atoms with E-state index in [0.29, 0.717) is 13.1 Å². The zero-order valence-electron chi connectivity index (χ0n) is 11.4. The van der Waals surface area contributed by atoms with Crippen LogP contribution in [-0.4, -0.2) is 13.0 Å². The van der Waals surface area contributed by atoms with Gasteiger partial charge in [0.1, 0.15) is 5.82 Å². The lowest BCUT2D eigenvalue weighted by Crippen LogP contribution is -2.36. The number of rotatable bonds is 4. The SMILES string of the molecule is CN=C(NCc1ccccc1)NCc1ccc(F)cc1. The van der Waals surface area contributed by atoms with E-state index in [1.807, 2.05) is 18.2 Å². The molecule has 2 rings (SSSR count). The molecule has 0 aromatic heterocycles. The van der Waals surface area contributed by atoms with Crippen molar-refractivity contribution in [1.29, 1.82) is 0 Å². The summed E-state index contributed by atoms with van der Waals surface area (Å²) in [6, 6.07) is 16.5. The third-order valence-electron chi connectivity index (χ3n) is 2.90. The number of halogens is 1. The Balaban J connectivity index is 1.82. The molecule has 0 spiro atoms. The maximum Gasteiger partial charge on any atom is 0.191 e. The first-order valence-electron chi connectivity index (χ1n) is 6.51. The lowest BCUT2D eigenvalue weighted by atomic mass is 10.2. The molecule has 20 heavy (non-hydrogen) atoms. The van der Waals surface area contributed by atoms with Gasteiger partial charge in [0.25, 0.3) is 0 Å². The Hall–Kier alpha value is -2.36. The minimum Gasteiger partial charge on any atom is -0.352 e. The van der Waals surface area contributed by atoms with E-state index in [0.717, 1.165) is 11.5 Å². The average Bonchev–Trinajstić information content (AvgIpc) is 2.50. The zero-order valence-corrected chi connectivity index (χ0v) is 11.4. The Morgan fingerprint density at radius 2 is 1.45 bits per heavy atom. The molecule has 0 fully saturated rings. The molecule has 0 aliphatic heterocycles. The van der Waals surface area contributed by atoms with Gasteiger partial charge in [-0.2, -0.15) is 0 Å². The Labute approximate surface area is 118 Å². The normalized spacial score (nSPS) is 11.2. The smallest absolute Gasteiger partial charge is 0.191 e. The molecule has 0 saturated carbocycles. The topological polar surface area (TPSA) is 36.4 Å². The van der Waals surface area contributed by atoms with Crippen LogP contribution in [0.5, 0.6) is 0 Å². The molecule has 0 saturated heterocycles. The van der Waals surface area contributed by atoms with Crippen LogP contribution in [0.1, 0.15) is 11.1 Å². The summed E-state index contributed by atoms with van der Waals surface area (Å²) < 4.78 is 12.8. The van der Waals surface area contributed by atoms with Crippen LogP contribution >= 0.6 is 0 Å². The second-order valence-electron chi connectivity index (χ2n) is 4.39. The van der Waals surface area contributed by atoms with Crippen molar-refractivity contribution in [3.63, 3.8) is 0 Å². The first-order valence-corrected chi connectivity index (χ1v) is 6.51. The van der Waals surface area contributed by atoms with Crippen molar-refractivity contribution in [3.05, 3.63) is 71.5 Å². The Morgan fingerprint density at radius 1 is 0.900 bits per heavy atom. The highest BCUT2D eigenvalue weighted by Crippen LogP contribution is 2.02. The van der Waals surface area contributed by atoms with Crippen molar-refractivity contribution in [1.82, 2.24) is 10.6 Å². The number of nitrogens with zero attached hydrogens (tertiary/aromatic N) is 1. The minimum absolute atomic E-state index is 0.222. The third kappa shape index (κ3) is 4.39. The lowest BCUT2D eigenvalue weighted by Gasteiger charge is -2.12. The highest BCUT2D eigenvalue weighted by atomic mass is 19.1. The molecule has 4 heteroatoms. The van der Waals surface area contributed by atoms with Gasteiger partial charge in [-0.05, 0) is 23.3 Å². The van der Waals surface area contributed by atoms with Crippen LogP contribution in [0, 0.1) is 5.82 Å². The number of benzene rings is 2. The fraction of sp³-hybridized carbons (Fsp3) is 0.188. The number of hydrogen-bond acceptors (Lipinski definition) is 1. The first-order chi connectivity index (χ1) is 9.78. The van der Waals surface area contributed by atoms with Crippen LogP contribution in [0.15, 0.2) is 59.6 Å². The van der Waals surface area contributed by atoms with Gasteiger partial charge < -0.3 is 10.6 Å². The highest BCUT2D eigenvalue weighted by molar-refractivity contribution is 5.79. The molecule has 0 amide bonds.